The Morgan fingerprint density at radius 2 is 2.28 bits per heavy atom. The average molecular weight is 248 g/mol. The number of nitrogens with one attached hydrogen (secondary N) is 3. The van der Waals surface area contributed by atoms with Gasteiger partial charge in [-0.15, -0.1) is 0 Å². The van der Waals surface area contributed by atoms with Crippen molar-refractivity contribution in [3.63, 3.8) is 0 Å². The molecule has 0 radical (unpaired) electrons. The number of aromatic nitrogens is 1. The van der Waals surface area contributed by atoms with E-state index in [9.17, 15) is 4.79 Å². The standard InChI is InChI=1S/C13H20N4O/c1-3-9(2)15-12-7-6-11(8-14-12)17-13(18)16-10-4-5-10/h6-10H,3-5H2,1-2H3,(H,14,15)(H2,16,17,18). The second-order valence-corrected chi connectivity index (χ2v) is 4.76. The summed E-state index contributed by atoms with van der Waals surface area (Å²) < 4.78 is 0. The highest BCUT2D eigenvalue weighted by Crippen LogP contribution is 2.19. The van der Waals surface area contributed by atoms with Crippen molar-refractivity contribution >= 4 is 17.5 Å². The first-order valence-electron chi connectivity index (χ1n) is 6.47. The summed E-state index contributed by atoms with van der Waals surface area (Å²) in [6.07, 6.45) is 4.88. The maximum absolute atomic E-state index is 11.5. The number of carbonyl (C=O) groups excluding carboxylic acids is 1. The minimum atomic E-state index is -0.151. The monoisotopic (exact) mass is 248 g/mol. The van der Waals surface area contributed by atoms with E-state index in [1.54, 1.807) is 6.20 Å². The summed E-state index contributed by atoms with van der Waals surface area (Å²) in [4.78, 5) is 15.8. The van der Waals surface area contributed by atoms with Gasteiger partial charge in [0.15, 0.2) is 0 Å². The van der Waals surface area contributed by atoms with E-state index in [1.165, 1.54) is 0 Å². The summed E-state index contributed by atoms with van der Waals surface area (Å²) in [5.74, 6) is 0.831. The Labute approximate surface area is 107 Å². The van der Waals surface area contributed by atoms with Crippen molar-refractivity contribution in [2.24, 2.45) is 0 Å². The van der Waals surface area contributed by atoms with E-state index >= 15 is 0 Å². The molecule has 18 heavy (non-hydrogen) atoms. The van der Waals surface area contributed by atoms with Crippen molar-refractivity contribution in [1.82, 2.24) is 10.3 Å². The normalized spacial score (nSPS) is 15.9. The molecule has 1 aromatic heterocycles. The van der Waals surface area contributed by atoms with Gasteiger partial charge in [0.1, 0.15) is 5.82 Å². The fraction of sp³-hybridized carbons (Fsp3) is 0.538. The van der Waals surface area contributed by atoms with Gasteiger partial charge in [0.25, 0.3) is 0 Å². The van der Waals surface area contributed by atoms with E-state index in [1.807, 2.05) is 12.1 Å². The molecule has 1 atom stereocenters. The number of urea groups is 1. The van der Waals surface area contributed by atoms with E-state index in [4.69, 9.17) is 0 Å². The highest BCUT2D eigenvalue weighted by atomic mass is 16.2. The second kappa shape index (κ2) is 5.71. The van der Waals surface area contributed by atoms with Gasteiger partial charge < -0.3 is 16.0 Å². The fourth-order valence-electron chi connectivity index (χ4n) is 1.49. The molecule has 2 amide bonds. The van der Waals surface area contributed by atoms with Crippen LogP contribution in [-0.2, 0) is 0 Å². The lowest BCUT2D eigenvalue weighted by Crippen LogP contribution is -2.30. The number of pyridine rings is 1. The molecule has 1 unspecified atom stereocenters. The van der Waals surface area contributed by atoms with Gasteiger partial charge in [-0.25, -0.2) is 9.78 Å². The van der Waals surface area contributed by atoms with E-state index < -0.39 is 0 Å². The lowest BCUT2D eigenvalue weighted by Gasteiger charge is -2.12. The number of rotatable bonds is 5. The Morgan fingerprint density at radius 1 is 1.50 bits per heavy atom. The first-order valence-corrected chi connectivity index (χ1v) is 6.47. The molecular formula is C13H20N4O. The topological polar surface area (TPSA) is 66.0 Å². The van der Waals surface area contributed by atoms with Gasteiger partial charge in [-0.05, 0) is 38.3 Å². The first-order chi connectivity index (χ1) is 8.67. The lowest BCUT2D eigenvalue weighted by molar-refractivity contribution is 0.251. The summed E-state index contributed by atoms with van der Waals surface area (Å²) >= 11 is 0. The fourth-order valence-corrected chi connectivity index (χ4v) is 1.49. The molecule has 1 aromatic rings. The Bertz CT molecular complexity index is 400. The van der Waals surface area contributed by atoms with Gasteiger partial charge in [0.2, 0.25) is 0 Å². The van der Waals surface area contributed by atoms with Crippen LogP contribution in [0.3, 0.4) is 0 Å². The van der Waals surface area contributed by atoms with Crippen LogP contribution >= 0.6 is 0 Å². The molecule has 3 N–H and O–H groups in total. The molecule has 1 aliphatic rings. The molecule has 1 saturated carbocycles. The van der Waals surface area contributed by atoms with Crippen LogP contribution in [-0.4, -0.2) is 23.1 Å². The molecule has 1 fully saturated rings. The van der Waals surface area contributed by atoms with Crippen LogP contribution in [0, 0.1) is 0 Å². The van der Waals surface area contributed by atoms with Gasteiger partial charge in [-0.2, -0.15) is 0 Å². The Kier molecular flexibility index (Phi) is 4.02. The number of nitrogens with zero attached hydrogens (tertiary/aromatic N) is 1. The van der Waals surface area contributed by atoms with E-state index in [0.29, 0.717) is 17.8 Å². The summed E-state index contributed by atoms with van der Waals surface area (Å²) in [5.41, 5.74) is 0.711. The lowest BCUT2D eigenvalue weighted by atomic mass is 10.2. The minimum absolute atomic E-state index is 0.151. The molecule has 1 heterocycles. The maximum Gasteiger partial charge on any atom is 0.319 e. The molecular weight excluding hydrogens is 228 g/mol. The summed E-state index contributed by atoms with van der Waals surface area (Å²) in [7, 11) is 0. The van der Waals surface area contributed by atoms with Gasteiger partial charge >= 0.3 is 6.03 Å². The van der Waals surface area contributed by atoms with Crippen molar-refractivity contribution in [3.05, 3.63) is 18.3 Å². The average Bonchev–Trinajstić information content (AvgIpc) is 3.15. The molecule has 0 spiro atoms. The number of carbonyl (C=O) groups is 1. The molecule has 0 aliphatic heterocycles. The molecule has 5 heteroatoms. The first kappa shape index (κ1) is 12.7. The Hall–Kier alpha value is -1.78. The largest absolute Gasteiger partial charge is 0.368 e. The van der Waals surface area contributed by atoms with Crippen LogP contribution in [0.2, 0.25) is 0 Å². The highest BCUT2D eigenvalue weighted by molar-refractivity contribution is 5.89. The Morgan fingerprint density at radius 3 is 2.83 bits per heavy atom. The second-order valence-electron chi connectivity index (χ2n) is 4.76. The zero-order chi connectivity index (χ0) is 13.0. The third-order valence-corrected chi connectivity index (χ3v) is 2.94. The highest BCUT2D eigenvalue weighted by Gasteiger charge is 2.23. The van der Waals surface area contributed by atoms with Crippen LogP contribution in [0.15, 0.2) is 18.3 Å². The quantitative estimate of drug-likeness (QED) is 0.750. The third kappa shape index (κ3) is 3.91. The molecule has 0 aromatic carbocycles. The maximum atomic E-state index is 11.5. The summed E-state index contributed by atoms with van der Waals surface area (Å²) in [6.45, 7) is 4.23. The molecule has 5 nitrogen and oxygen atoms in total. The molecule has 0 saturated heterocycles. The molecule has 2 rings (SSSR count). The number of anilines is 2. The molecule has 1 aliphatic carbocycles. The van der Waals surface area contributed by atoms with Crippen LogP contribution < -0.4 is 16.0 Å². The van der Waals surface area contributed by atoms with Crippen molar-refractivity contribution in [1.29, 1.82) is 0 Å². The number of amides is 2. The summed E-state index contributed by atoms with van der Waals surface area (Å²) in [5, 5.41) is 8.91. The van der Waals surface area contributed by atoms with Crippen LogP contribution in [0.25, 0.3) is 0 Å². The van der Waals surface area contributed by atoms with E-state index in [-0.39, 0.29) is 6.03 Å². The smallest absolute Gasteiger partial charge is 0.319 e. The van der Waals surface area contributed by atoms with Crippen molar-refractivity contribution < 1.29 is 4.79 Å². The number of hydrogen-bond donors (Lipinski definition) is 3. The van der Waals surface area contributed by atoms with Gasteiger partial charge in [-0.3, -0.25) is 0 Å². The Balaban J connectivity index is 1.84. The van der Waals surface area contributed by atoms with Crippen molar-refractivity contribution in [2.75, 3.05) is 10.6 Å². The predicted molar refractivity (Wildman–Crippen MR) is 72.8 cm³/mol. The van der Waals surface area contributed by atoms with Gasteiger partial charge in [0.05, 0.1) is 11.9 Å². The van der Waals surface area contributed by atoms with E-state index in [0.717, 1.165) is 25.1 Å². The van der Waals surface area contributed by atoms with Crippen LogP contribution in [0.1, 0.15) is 33.1 Å². The van der Waals surface area contributed by atoms with Crippen LogP contribution in [0.5, 0.6) is 0 Å². The minimum Gasteiger partial charge on any atom is -0.368 e. The molecule has 98 valence electrons. The summed E-state index contributed by atoms with van der Waals surface area (Å²) in [6, 6.07) is 4.34. The number of hydrogen-bond acceptors (Lipinski definition) is 3. The zero-order valence-electron chi connectivity index (χ0n) is 10.9. The van der Waals surface area contributed by atoms with E-state index in [2.05, 4.69) is 34.8 Å². The third-order valence-electron chi connectivity index (χ3n) is 2.94. The predicted octanol–water partition coefficient (Wildman–Crippen LogP) is 2.58. The van der Waals surface area contributed by atoms with Crippen molar-refractivity contribution in [3.8, 4) is 0 Å². The van der Waals surface area contributed by atoms with Crippen molar-refractivity contribution in [2.45, 2.75) is 45.2 Å². The zero-order valence-corrected chi connectivity index (χ0v) is 10.9. The van der Waals surface area contributed by atoms with Gasteiger partial charge in [-0.1, -0.05) is 6.92 Å². The SMILES string of the molecule is CCC(C)Nc1ccc(NC(=O)NC2CC2)cn1. The van der Waals surface area contributed by atoms with Gasteiger partial charge in [0, 0.05) is 12.1 Å². The molecule has 0 bridgehead atoms. The van der Waals surface area contributed by atoms with Crippen LogP contribution in [0.4, 0.5) is 16.3 Å².